The normalized spacial score (nSPS) is 10.2. The smallest absolute Gasteiger partial charge is 0.462 e. The summed E-state index contributed by atoms with van der Waals surface area (Å²) < 4.78 is 30.0. The average molecular weight is 560 g/mol. The van der Waals surface area contributed by atoms with Gasteiger partial charge >= 0.3 is 30.0 Å². The molecule has 0 heterocycles. The number of rotatable bonds is 13. The van der Waals surface area contributed by atoms with Crippen LogP contribution in [-0.4, -0.2) is 55.3 Å². The molecular formula is C27H29NO12. The van der Waals surface area contributed by atoms with E-state index in [1.165, 1.54) is 45.0 Å². The number of carbonyl (C=O) groups is 6. The van der Waals surface area contributed by atoms with Crippen LogP contribution in [0.2, 0.25) is 0 Å². The van der Waals surface area contributed by atoms with Crippen molar-refractivity contribution >= 4 is 41.6 Å². The highest BCUT2D eigenvalue weighted by molar-refractivity contribution is 5.88. The minimum atomic E-state index is -1.01. The molecule has 2 aromatic rings. The van der Waals surface area contributed by atoms with Crippen molar-refractivity contribution in [3.05, 3.63) is 54.1 Å². The maximum absolute atomic E-state index is 12.1. The van der Waals surface area contributed by atoms with Gasteiger partial charge in [-0.1, -0.05) is 12.1 Å². The Bertz CT molecular complexity index is 1170. The molecule has 0 fully saturated rings. The van der Waals surface area contributed by atoms with E-state index in [1.807, 2.05) is 0 Å². The van der Waals surface area contributed by atoms with Crippen LogP contribution in [0.5, 0.6) is 11.5 Å². The third-order valence-electron chi connectivity index (χ3n) is 4.66. The van der Waals surface area contributed by atoms with Gasteiger partial charge in [0, 0.05) is 26.5 Å². The maximum Gasteiger partial charge on any atom is 0.514 e. The number of nitrogens with one attached hydrogen (secondary N) is 1. The maximum atomic E-state index is 12.1. The molecule has 0 saturated carbocycles. The Morgan fingerprint density at radius 2 is 1.20 bits per heavy atom. The number of carbonyl (C=O) groups excluding carboxylic acids is 6. The van der Waals surface area contributed by atoms with Gasteiger partial charge in [-0.05, 0) is 42.0 Å². The molecule has 2 rings (SSSR count). The van der Waals surface area contributed by atoms with Crippen molar-refractivity contribution in [3.63, 3.8) is 0 Å². The lowest BCUT2D eigenvalue weighted by Crippen LogP contribution is -2.30. The first-order valence-corrected chi connectivity index (χ1v) is 12.0. The largest absolute Gasteiger partial charge is 0.514 e. The van der Waals surface area contributed by atoms with Gasteiger partial charge in [0.05, 0.1) is 12.8 Å². The molecule has 0 radical (unpaired) electrons. The summed E-state index contributed by atoms with van der Waals surface area (Å²) in [7, 11) is 0. The van der Waals surface area contributed by atoms with Crippen molar-refractivity contribution in [2.24, 2.45) is 0 Å². The molecule has 0 aliphatic heterocycles. The summed E-state index contributed by atoms with van der Waals surface area (Å²) in [6, 6.07) is 12.2. The van der Waals surface area contributed by atoms with Gasteiger partial charge in [-0.3, -0.25) is 24.0 Å². The Morgan fingerprint density at radius 1 is 0.675 bits per heavy atom. The lowest BCUT2D eigenvalue weighted by Gasteiger charge is -2.17. The minimum Gasteiger partial charge on any atom is -0.462 e. The summed E-state index contributed by atoms with van der Waals surface area (Å²) in [5, 5.41) is 2.59. The van der Waals surface area contributed by atoms with Crippen molar-refractivity contribution in [2.75, 3.05) is 18.5 Å². The summed E-state index contributed by atoms with van der Waals surface area (Å²) >= 11 is 0. The van der Waals surface area contributed by atoms with E-state index in [0.717, 1.165) is 0 Å². The number of amides is 1. The first-order valence-electron chi connectivity index (χ1n) is 12.0. The van der Waals surface area contributed by atoms with Gasteiger partial charge in [-0.15, -0.1) is 0 Å². The van der Waals surface area contributed by atoms with Crippen molar-refractivity contribution in [2.45, 2.75) is 46.3 Å². The van der Waals surface area contributed by atoms with Crippen LogP contribution in [0, 0.1) is 0 Å². The van der Waals surface area contributed by atoms with E-state index < -0.39 is 36.1 Å². The second-order valence-electron chi connectivity index (χ2n) is 8.18. The molecule has 0 atom stereocenters. The van der Waals surface area contributed by atoms with Gasteiger partial charge in [0.2, 0.25) is 5.91 Å². The van der Waals surface area contributed by atoms with E-state index in [0.29, 0.717) is 11.3 Å². The Balaban J connectivity index is 1.73. The number of ether oxygens (including phenoxy) is 6. The summed E-state index contributed by atoms with van der Waals surface area (Å²) in [5.74, 6) is -2.47. The van der Waals surface area contributed by atoms with E-state index in [1.54, 1.807) is 24.3 Å². The van der Waals surface area contributed by atoms with Crippen LogP contribution in [0.4, 0.5) is 10.5 Å². The standard InChI is InChI=1S/C27H29NO12/c1-17(29)28-21-6-10-23(11-7-21)40-27(34)37-14-20-4-8-22(9-5-20)38-25(32)12-13-26(33)39-24(15-35-18(2)30)16-36-19(3)31/h4-11,24H,12-16H2,1-3H3,(H,28,29). The first kappa shape index (κ1) is 31.3. The van der Waals surface area contributed by atoms with Gasteiger partial charge < -0.3 is 33.7 Å². The number of anilines is 1. The highest BCUT2D eigenvalue weighted by Gasteiger charge is 2.19. The van der Waals surface area contributed by atoms with Crippen molar-refractivity contribution in [1.29, 1.82) is 0 Å². The summed E-state index contributed by atoms with van der Waals surface area (Å²) in [5.41, 5.74) is 1.14. The Morgan fingerprint density at radius 3 is 1.75 bits per heavy atom. The lowest BCUT2D eigenvalue weighted by molar-refractivity contribution is -0.165. The quantitative estimate of drug-likeness (QED) is 0.165. The second kappa shape index (κ2) is 16.1. The fourth-order valence-electron chi connectivity index (χ4n) is 2.90. The molecular weight excluding hydrogens is 530 g/mol. The number of hydrogen-bond acceptors (Lipinski definition) is 12. The molecule has 0 saturated heterocycles. The monoisotopic (exact) mass is 559 g/mol. The Labute approximate surface area is 229 Å². The van der Waals surface area contributed by atoms with Crippen molar-refractivity contribution < 1.29 is 57.2 Å². The van der Waals surface area contributed by atoms with Gasteiger partial charge in [0.1, 0.15) is 31.3 Å². The van der Waals surface area contributed by atoms with E-state index in [-0.39, 0.29) is 50.1 Å². The molecule has 2 aromatic carbocycles. The molecule has 0 aliphatic rings. The summed E-state index contributed by atoms with van der Waals surface area (Å²) in [4.78, 5) is 69.1. The number of esters is 4. The predicted octanol–water partition coefficient (Wildman–Crippen LogP) is 3.08. The van der Waals surface area contributed by atoms with E-state index >= 15 is 0 Å². The molecule has 214 valence electrons. The highest BCUT2D eigenvalue weighted by atomic mass is 16.7. The molecule has 0 aromatic heterocycles. The summed E-state index contributed by atoms with van der Waals surface area (Å²) in [6.45, 7) is 3.01. The van der Waals surface area contributed by atoms with E-state index in [9.17, 15) is 28.8 Å². The molecule has 0 unspecified atom stereocenters. The fourth-order valence-corrected chi connectivity index (χ4v) is 2.90. The Kier molecular flexibility index (Phi) is 12.6. The second-order valence-corrected chi connectivity index (χ2v) is 8.18. The molecule has 13 heteroatoms. The molecule has 0 spiro atoms. The third kappa shape index (κ3) is 13.0. The SMILES string of the molecule is CC(=O)Nc1ccc(OC(=O)OCc2ccc(OC(=O)CCC(=O)OC(COC(C)=O)COC(C)=O)cc2)cc1. The molecule has 13 nitrogen and oxygen atoms in total. The van der Waals surface area contributed by atoms with Crippen LogP contribution in [0.15, 0.2) is 48.5 Å². The number of benzene rings is 2. The topological polar surface area (TPSA) is 170 Å². The van der Waals surface area contributed by atoms with Gasteiger partial charge in [0.25, 0.3) is 0 Å². The van der Waals surface area contributed by atoms with Crippen LogP contribution in [-0.2, 0) is 49.5 Å². The van der Waals surface area contributed by atoms with Crippen LogP contribution in [0.25, 0.3) is 0 Å². The zero-order valence-corrected chi connectivity index (χ0v) is 22.1. The Hall–Kier alpha value is -4.94. The van der Waals surface area contributed by atoms with Crippen molar-refractivity contribution in [3.8, 4) is 11.5 Å². The zero-order valence-electron chi connectivity index (χ0n) is 22.1. The molecule has 0 aliphatic carbocycles. The zero-order chi connectivity index (χ0) is 29.5. The number of hydrogen-bond donors (Lipinski definition) is 1. The summed E-state index contributed by atoms with van der Waals surface area (Å²) in [6.07, 6.45) is -2.56. The minimum absolute atomic E-state index is 0.106. The van der Waals surface area contributed by atoms with Crippen molar-refractivity contribution in [1.82, 2.24) is 0 Å². The van der Waals surface area contributed by atoms with Crippen LogP contribution in [0.3, 0.4) is 0 Å². The van der Waals surface area contributed by atoms with Gasteiger partial charge in [0.15, 0.2) is 6.10 Å². The molecule has 40 heavy (non-hydrogen) atoms. The third-order valence-corrected chi connectivity index (χ3v) is 4.66. The van der Waals surface area contributed by atoms with Crippen LogP contribution >= 0.6 is 0 Å². The van der Waals surface area contributed by atoms with Gasteiger partial charge in [-0.25, -0.2) is 4.79 Å². The predicted molar refractivity (Wildman–Crippen MR) is 136 cm³/mol. The fraction of sp³-hybridized carbons (Fsp3) is 0.333. The van der Waals surface area contributed by atoms with Gasteiger partial charge in [-0.2, -0.15) is 0 Å². The lowest BCUT2D eigenvalue weighted by atomic mass is 10.2. The van der Waals surface area contributed by atoms with E-state index in [4.69, 9.17) is 28.4 Å². The molecule has 0 bridgehead atoms. The van der Waals surface area contributed by atoms with Crippen LogP contribution in [0.1, 0.15) is 39.2 Å². The first-order chi connectivity index (χ1) is 19.0. The van der Waals surface area contributed by atoms with Crippen LogP contribution < -0.4 is 14.8 Å². The molecule has 1 amide bonds. The van der Waals surface area contributed by atoms with E-state index in [2.05, 4.69) is 5.32 Å². The molecule has 1 N–H and O–H groups in total. The average Bonchev–Trinajstić information content (AvgIpc) is 2.89. The highest BCUT2D eigenvalue weighted by Crippen LogP contribution is 2.17.